The molecule has 1 rings (SSSR count). The molecular weight excluding hydrogens is 210 g/mol. The van der Waals surface area contributed by atoms with Crippen molar-refractivity contribution in [1.82, 2.24) is 0 Å². The Hall–Kier alpha value is -0.890. The zero-order valence-corrected chi connectivity index (χ0v) is 10.5. The number of ether oxygens (including phenoxy) is 1. The molecule has 0 unspecified atom stereocenters. The van der Waals surface area contributed by atoms with Gasteiger partial charge in [0.05, 0.1) is 12.3 Å². The van der Waals surface area contributed by atoms with E-state index in [1.807, 2.05) is 19.9 Å². The van der Waals surface area contributed by atoms with Gasteiger partial charge in [-0.2, -0.15) is 0 Å². The standard InChI is InChI=1S/C12H18ClNO/c1-7(2)6-15-10-5-8(3)11(13)9(4)12(10)14/h5,7H,6,14H2,1-4H3. The quantitative estimate of drug-likeness (QED) is 0.802. The monoisotopic (exact) mass is 227 g/mol. The Morgan fingerprint density at radius 1 is 1.40 bits per heavy atom. The molecule has 0 saturated heterocycles. The predicted octanol–water partition coefficient (Wildman–Crippen LogP) is 3.57. The van der Waals surface area contributed by atoms with Crippen LogP contribution in [0.15, 0.2) is 6.07 Å². The van der Waals surface area contributed by atoms with E-state index in [2.05, 4.69) is 13.8 Å². The highest BCUT2D eigenvalue weighted by molar-refractivity contribution is 6.32. The summed E-state index contributed by atoms with van der Waals surface area (Å²) in [5.41, 5.74) is 8.47. The van der Waals surface area contributed by atoms with Crippen molar-refractivity contribution in [3.63, 3.8) is 0 Å². The molecule has 0 saturated carbocycles. The smallest absolute Gasteiger partial charge is 0.142 e. The Bertz CT molecular complexity index is 361. The Labute approximate surface area is 96.4 Å². The van der Waals surface area contributed by atoms with Crippen LogP contribution in [0.3, 0.4) is 0 Å². The van der Waals surface area contributed by atoms with E-state index in [4.69, 9.17) is 22.1 Å². The van der Waals surface area contributed by atoms with Crippen molar-refractivity contribution in [2.24, 2.45) is 5.92 Å². The molecule has 2 nitrogen and oxygen atoms in total. The van der Waals surface area contributed by atoms with Gasteiger partial charge in [0.1, 0.15) is 5.75 Å². The van der Waals surface area contributed by atoms with Gasteiger partial charge in [0.2, 0.25) is 0 Å². The molecule has 1 aromatic carbocycles. The van der Waals surface area contributed by atoms with Crippen molar-refractivity contribution in [1.29, 1.82) is 0 Å². The third-order valence-corrected chi connectivity index (χ3v) is 2.85. The van der Waals surface area contributed by atoms with Gasteiger partial charge in [0.15, 0.2) is 0 Å². The summed E-state index contributed by atoms with van der Waals surface area (Å²) in [5, 5.41) is 0.726. The molecule has 0 aliphatic carbocycles. The molecule has 15 heavy (non-hydrogen) atoms. The molecule has 0 radical (unpaired) electrons. The van der Waals surface area contributed by atoms with Gasteiger partial charge < -0.3 is 10.5 Å². The highest BCUT2D eigenvalue weighted by Crippen LogP contribution is 2.33. The zero-order valence-electron chi connectivity index (χ0n) is 9.73. The number of nitrogen functional groups attached to an aromatic ring is 1. The molecule has 0 aromatic heterocycles. The maximum atomic E-state index is 6.08. The van der Waals surface area contributed by atoms with Gasteiger partial charge in [-0.1, -0.05) is 25.4 Å². The molecule has 0 aliphatic heterocycles. The number of hydrogen-bond acceptors (Lipinski definition) is 2. The van der Waals surface area contributed by atoms with Crippen LogP contribution >= 0.6 is 11.6 Å². The van der Waals surface area contributed by atoms with Crippen molar-refractivity contribution in [3.8, 4) is 5.75 Å². The van der Waals surface area contributed by atoms with E-state index >= 15 is 0 Å². The molecule has 0 bridgehead atoms. The van der Waals surface area contributed by atoms with Gasteiger partial charge in [0.25, 0.3) is 0 Å². The molecule has 0 spiro atoms. The summed E-state index contributed by atoms with van der Waals surface area (Å²) in [6.07, 6.45) is 0. The molecule has 0 fully saturated rings. The van der Waals surface area contributed by atoms with E-state index in [-0.39, 0.29) is 0 Å². The van der Waals surface area contributed by atoms with Gasteiger partial charge in [-0.3, -0.25) is 0 Å². The largest absolute Gasteiger partial charge is 0.491 e. The van der Waals surface area contributed by atoms with Gasteiger partial charge in [-0.05, 0) is 37.0 Å². The topological polar surface area (TPSA) is 35.2 Å². The molecule has 2 N–H and O–H groups in total. The molecule has 0 heterocycles. The van der Waals surface area contributed by atoms with E-state index in [1.165, 1.54) is 0 Å². The van der Waals surface area contributed by atoms with Crippen LogP contribution in [-0.4, -0.2) is 6.61 Å². The zero-order chi connectivity index (χ0) is 11.6. The second-order valence-corrected chi connectivity index (χ2v) is 4.63. The SMILES string of the molecule is Cc1cc(OCC(C)C)c(N)c(C)c1Cl. The highest BCUT2D eigenvalue weighted by Gasteiger charge is 2.10. The minimum atomic E-state index is 0.487. The van der Waals surface area contributed by atoms with E-state index in [0.29, 0.717) is 18.2 Å². The van der Waals surface area contributed by atoms with Crippen LogP contribution in [0.1, 0.15) is 25.0 Å². The van der Waals surface area contributed by atoms with Crippen LogP contribution in [0.4, 0.5) is 5.69 Å². The first-order valence-electron chi connectivity index (χ1n) is 5.11. The summed E-state index contributed by atoms with van der Waals surface area (Å²) in [5.74, 6) is 1.23. The first-order valence-corrected chi connectivity index (χ1v) is 5.49. The number of hydrogen-bond donors (Lipinski definition) is 1. The van der Waals surface area contributed by atoms with E-state index < -0.39 is 0 Å². The molecular formula is C12H18ClNO. The van der Waals surface area contributed by atoms with Crippen molar-refractivity contribution >= 4 is 17.3 Å². The Kier molecular flexibility index (Phi) is 3.86. The summed E-state index contributed by atoms with van der Waals surface area (Å²) in [7, 11) is 0. The van der Waals surface area contributed by atoms with Crippen molar-refractivity contribution in [3.05, 3.63) is 22.2 Å². The van der Waals surface area contributed by atoms with Crippen LogP contribution < -0.4 is 10.5 Å². The third-order valence-electron chi connectivity index (χ3n) is 2.26. The lowest BCUT2D eigenvalue weighted by atomic mass is 10.1. The third kappa shape index (κ3) is 2.78. The average Bonchev–Trinajstić information content (AvgIpc) is 2.18. The molecule has 0 atom stereocenters. The normalized spacial score (nSPS) is 10.8. The maximum absolute atomic E-state index is 6.08. The fourth-order valence-corrected chi connectivity index (χ4v) is 1.47. The second kappa shape index (κ2) is 4.75. The van der Waals surface area contributed by atoms with Crippen LogP contribution in [0.2, 0.25) is 5.02 Å². The minimum Gasteiger partial charge on any atom is -0.491 e. The summed E-state index contributed by atoms with van der Waals surface area (Å²) >= 11 is 6.08. The summed E-state index contributed by atoms with van der Waals surface area (Å²) in [6, 6.07) is 1.90. The summed E-state index contributed by atoms with van der Waals surface area (Å²) < 4.78 is 5.63. The Morgan fingerprint density at radius 3 is 2.53 bits per heavy atom. The average molecular weight is 228 g/mol. The predicted molar refractivity (Wildman–Crippen MR) is 65.7 cm³/mol. The number of nitrogens with two attached hydrogens (primary N) is 1. The first-order chi connectivity index (χ1) is 6.93. The lowest BCUT2D eigenvalue weighted by Gasteiger charge is -2.15. The molecule has 3 heteroatoms. The van der Waals surface area contributed by atoms with Crippen LogP contribution in [0.5, 0.6) is 5.75 Å². The molecule has 0 aliphatic rings. The van der Waals surface area contributed by atoms with Crippen molar-refractivity contribution in [2.45, 2.75) is 27.7 Å². The number of rotatable bonds is 3. The first kappa shape index (κ1) is 12.2. The van der Waals surface area contributed by atoms with Gasteiger partial charge in [-0.25, -0.2) is 0 Å². The van der Waals surface area contributed by atoms with Crippen LogP contribution in [0.25, 0.3) is 0 Å². The Morgan fingerprint density at radius 2 is 2.00 bits per heavy atom. The highest BCUT2D eigenvalue weighted by atomic mass is 35.5. The minimum absolute atomic E-state index is 0.487. The van der Waals surface area contributed by atoms with Crippen molar-refractivity contribution in [2.75, 3.05) is 12.3 Å². The van der Waals surface area contributed by atoms with Gasteiger partial charge >= 0.3 is 0 Å². The number of halogens is 1. The number of anilines is 1. The fraction of sp³-hybridized carbons (Fsp3) is 0.500. The lowest BCUT2D eigenvalue weighted by molar-refractivity contribution is 0.272. The van der Waals surface area contributed by atoms with Gasteiger partial charge in [0, 0.05) is 5.02 Å². The van der Waals surface area contributed by atoms with E-state index in [9.17, 15) is 0 Å². The van der Waals surface area contributed by atoms with E-state index in [1.54, 1.807) is 0 Å². The molecule has 0 amide bonds. The second-order valence-electron chi connectivity index (χ2n) is 4.25. The number of aryl methyl sites for hydroxylation is 1. The van der Waals surface area contributed by atoms with Gasteiger partial charge in [-0.15, -0.1) is 0 Å². The summed E-state index contributed by atoms with van der Waals surface area (Å²) in [6.45, 7) is 8.74. The van der Waals surface area contributed by atoms with Crippen LogP contribution in [0, 0.1) is 19.8 Å². The number of benzene rings is 1. The van der Waals surface area contributed by atoms with E-state index in [0.717, 1.165) is 21.9 Å². The summed E-state index contributed by atoms with van der Waals surface area (Å²) in [4.78, 5) is 0. The fourth-order valence-electron chi connectivity index (χ4n) is 1.31. The Balaban J connectivity index is 2.99. The van der Waals surface area contributed by atoms with Crippen molar-refractivity contribution < 1.29 is 4.74 Å². The molecule has 1 aromatic rings. The van der Waals surface area contributed by atoms with Crippen LogP contribution in [-0.2, 0) is 0 Å². The lowest BCUT2D eigenvalue weighted by Crippen LogP contribution is -2.07. The molecule has 84 valence electrons. The maximum Gasteiger partial charge on any atom is 0.142 e.